The standard InChI is InChI=1S/C16H20N2S/c1-12(10-16(17)19)18(2)11-14-8-5-7-13-6-3-4-9-15(13)14/h3-9,12H,10-11H2,1-2H3,(H2,17,19). The van der Waals surface area contributed by atoms with E-state index in [1.807, 2.05) is 0 Å². The molecule has 0 aliphatic carbocycles. The summed E-state index contributed by atoms with van der Waals surface area (Å²) in [5.41, 5.74) is 6.96. The normalized spacial score (nSPS) is 12.8. The van der Waals surface area contributed by atoms with Gasteiger partial charge in [0.1, 0.15) is 0 Å². The fourth-order valence-electron chi connectivity index (χ4n) is 2.30. The van der Waals surface area contributed by atoms with Crippen molar-refractivity contribution >= 4 is 28.0 Å². The van der Waals surface area contributed by atoms with Gasteiger partial charge < -0.3 is 5.73 Å². The molecule has 2 rings (SSSR count). The van der Waals surface area contributed by atoms with Crippen molar-refractivity contribution in [1.82, 2.24) is 4.90 Å². The van der Waals surface area contributed by atoms with E-state index in [0.717, 1.165) is 13.0 Å². The Bertz CT molecular complexity index is 574. The molecule has 0 amide bonds. The van der Waals surface area contributed by atoms with Crippen LogP contribution in [-0.2, 0) is 6.54 Å². The van der Waals surface area contributed by atoms with Crippen LogP contribution in [0, 0.1) is 0 Å². The van der Waals surface area contributed by atoms with E-state index in [2.05, 4.69) is 61.3 Å². The zero-order valence-electron chi connectivity index (χ0n) is 11.5. The second-order valence-electron chi connectivity index (χ2n) is 5.07. The Labute approximate surface area is 120 Å². The number of nitrogens with zero attached hydrogens (tertiary/aromatic N) is 1. The molecule has 0 radical (unpaired) electrons. The largest absolute Gasteiger partial charge is 0.393 e. The molecular formula is C16H20N2S. The van der Waals surface area contributed by atoms with Gasteiger partial charge in [0.05, 0.1) is 4.99 Å². The van der Waals surface area contributed by atoms with E-state index in [1.165, 1.54) is 16.3 Å². The highest BCUT2D eigenvalue weighted by Crippen LogP contribution is 2.20. The molecule has 0 aliphatic heterocycles. The van der Waals surface area contributed by atoms with Crippen LogP contribution in [0.4, 0.5) is 0 Å². The minimum atomic E-state index is 0.358. The van der Waals surface area contributed by atoms with Crippen molar-refractivity contribution in [2.24, 2.45) is 5.73 Å². The number of benzene rings is 2. The predicted octanol–water partition coefficient (Wildman–Crippen LogP) is 3.34. The molecule has 0 heterocycles. The van der Waals surface area contributed by atoms with E-state index in [-0.39, 0.29) is 0 Å². The van der Waals surface area contributed by atoms with E-state index in [0.29, 0.717) is 11.0 Å². The average Bonchev–Trinajstić information content (AvgIpc) is 2.38. The first kappa shape index (κ1) is 14.0. The Balaban J connectivity index is 2.19. The van der Waals surface area contributed by atoms with Crippen molar-refractivity contribution in [3.8, 4) is 0 Å². The van der Waals surface area contributed by atoms with Gasteiger partial charge in [-0.1, -0.05) is 54.7 Å². The van der Waals surface area contributed by atoms with Crippen molar-refractivity contribution in [2.75, 3.05) is 7.05 Å². The minimum absolute atomic E-state index is 0.358. The molecule has 0 saturated carbocycles. The third-order valence-corrected chi connectivity index (χ3v) is 3.72. The topological polar surface area (TPSA) is 29.3 Å². The SMILES string of the molecule is CC(CC(N)=S)N(C)Cc1cccc2ccccc12. The van der Waals surface area contributed by atoms with Crippen LogP contribution < -0.4 is 5.73 Å². The molecule has 0 fully saturated rings. The van der Waals surface area contributed by atoms with Crippen molar-refractivity contribution < 1.29 is 0 Å². The van der Waals surface area contributed by atoms with E-state index in [9.17, 15) is 0 Å². The molecule has 100 valence electrons. The Kier molecular flexibility index (Phi) is 4.51. The van der Waals surface area contributed by atoms with Crippen LogP contribution in [0.25, 0.3) is 10.8 Å². The van der Waals surface area contributed by atoms with Crippen LogP contribution in [-0.4, -0.2) is 23.0 Å². The van der Waals surface area contributed by atoms with Crippen molar-refractivity contribution in [1.29, 1.82) is 0 Å². The fourth-order valence-corrected chi connectivity index (χ4v) is 2.54. The highest BCUT2D eigenvalue weighted by molar-refractivity contribution is 7.80. The molecule has 2 nitrogen and oxygen atoms in total. The van der Waals surface area contributed by atoms with E-state index < -0.39 is 0 Å². The summed E-state index contributed by atoms with van der Waals surface area (Å²) < 4.78 is 0. The first-order valence-electron chi connectivity index (χ1n) is 6.53. The van der Waals surface area contributed by atoms with Gasteiger partial charge in [-0.15, -0.1) is 0 Å². The van der Waals surface area contributed by atoms with Gasteiger partial charge in [-0.05, 0) is 30.3 Å². The van der Waals surface area contributed by atoms with Crippen LogP contribution in [0.2, 0.25) is 0 Å². The highest BCUT2D eigenvalue weighted by atomic mass is 32.1. The van der Waals surface area contributed by atoms with Crippen LogP contribution in [0.15, 0.2) is 42.5 Å². The van der Waals surface area contributed by atoms with Gasteiger partial charge in [0.25, 0.3) is 0 Å². The van der Waals surface area contributed by atoms with Gasteiger partial charge in [-0.25, -0.2) is 0 Å². The Morgan fingerprint density at radius 1 is 1.21 bits per heavy atom. The van der Waals surface area contributed by atoms with Gasteiger partial charge in [0.15, 0.2) is 0 Å². The van der Waals surface area contributed by atoms with E-state index in [4.69, 9.17) is 18.0 Å². The molecule has 0 aromatic heterocycles. The summed E-state index contributed by atoms with van der Waals surface area (Å²) in [5, 5.41) is 2.61. The maximum absolute atomic E-state index is 5.62. The van der Waals surface area contributed by atoms with E-state index >= 15 is 0 Å². The average molecular weight is 272 g/mol. The predicted molar refractivity (Wildman–Crippen MR) is 86.3 cm³/mol. The maximum Gasteiger partial charge on any atom is 0.0742 e. The summed E-state index contributed by atoms with van der Waals surface area (Å²) >= 11 is 4.98. The lowest BCUT2D eigenvalue weighted by molar-refractivity contribution is 0.256. The quantitative estimate of drug-likeness (QED) is 0.847. The Morgan fingerprint density at radius 2 is 1.89 bits per heavy atom. The van der Waals surface area contributed by atoms with Crippen molar-refractivity contribution in [3.63, 3.8) is 0 Å². The molecule has 0 saturated heterocycles. The van der Waals surface area contributed by atoms with E-state index in [1.54, 1.807) is 0 Å². The second kappa shape index (κ2) is 6.13. The first-order valence-corrected chi connectivity index (χ1v) is 6.94. The smallest absolute Gasteiger partial charge is 0.0742 e. The second-order valence-corrected chi connectivity index (χ2v) is 5.60. The number of thiocarbonyl (C=S) groups is 1. The third-order valence-electron chi connectivity index (χ3n) is 3.55. The number of hydrogen-bond acceptors (Lipinski definition) is 2. The molecule has 1 unspecified atom stereocenters. The molecule has 3 heteroatoms. The Morgan fingerprint density at radius 3 is 2.63 bits per heavy atom. The maximum atomic E-state index is 5.62. The van der Waals surface area contributed by atoms with Crippen LogP contribution in [0.3, 0.4) is 0 Å². The summed E-state index contributed by atoms with van der Waals surface area (Å²) in [6, 6.07) is 15.3. The van der Waals surface area contributed by atoms with Gasteiger partial charge in [0.2, 0.25) is 0 Å². The lowest BCUT2D eigenvalue weighted by Gasteiger charge is -2.25. The zero-order chi connectivity index (χ0) is 13.8. The van der Waals surface area contributed by atoms with Crippen molar-refractivity contribution in [3.05, 3.63) is 48.0 Å². The van der Waals surface area contributed by atoms with Crippen LogP contribution in [0.1, 0.15) is 18.9 Å². The fraction of sp³-hybridized carbons (Fsp3) is 0.312. The number of rotatable bonds is 5. The van der Waals surface area contributed by atoms with Gasteiger partial charge in [-0.3, -0.25) is 4.90 Å². The molecule has 19 heavy (non-hydrogen) atoms. The summed E-state index contributed by atoms with van der Waals surface area (Å²) in [6.45, 7) is 3.06. The van der Waals surface area contributed by atoms with Crippen LogP contribution in [0.5, 0.6) is 0 Å². The third kappa shape index (κ3) is 3.52. The highest BCUT2D eigenvalue weighted by Gasteiger charge is 2.11. The molecule has 0 aliphatic rings. The molecule has 0 bridgehead atoms. The zero-order valence-corrected chi connectivity index (χ0v) is 12.3. The molecule has 0 spiro atoms. The Hall–Kier alpha value is -1.45. The van der Waals surface area contributed by atoms with Gasteiger partial charge in [0, 0.05) is 19.0 Å². The number of fused-ring (bicyclic) bond motifs is 1. The van der Waals surface area contributed by atoms with Gasteiger partial charge in [-0.2, -0.15) is 0 Å². The lowest BCUT2D eigenvalue weighted by Crippen LogP contribution is -2.32. The molecule has 2 aromatic rings. The first-order chi connectivity index (χ1) is 9.08. The molecule has 2 aromatic carbocycles. The summed E-state index contributed by atoms with van der Waals surface area (Å²) in [7, 11) is 2.12. The molecule has 2 N–H and O–H groups in total. The molecular weight excluding hydrogens is 252 g/mol. The monoisotopic (exact) mass is 272 g/mol. The number of hydrogen-bond donors (Lipinski definition) is 1. The summed E-state index contributed by atoms with van der Waals surface area (Å²) in [5.74, 6) is 0. The summed E-state index contributed by atoms with van der Waals surface area (Å²) in [4.78, 5) is 2.87. The van der Waals surface area contributed by atoms with Gasteiger partial charge >= 0.3 is 0 Å². The minimum Gasteiger partial charge on any atom is -0.393 e. The number of nitrogens with two attached hydrogens (primary N) is 1. The van der Waals surface area contributed by atoms with Crippen LogP contribution >= 0.6 is 12.2 Å². The lowest BCUT2D eigenvalue weighted by atomic mass is 10.0. The molecule has 1 atom stereocenters. The van der Waals surface area contributed by atoms with Crippen molar-refractivity contribution in [2.45, 2.75) is 25.9 Å². The summed E-state index contributed by atoms with van der Waals surface area (Å²) in [6.07, 6.45) is 0.761.